The number of benzene rings is 1. The van der Waals surface area contributed by atoms with E-state index in [4.69, 9.17) is 11.5 Å². The van der Waals surface area contributed by atoms with Crippen LogP contribution in [-0.2, 0) is 0 Å². The number of anilines is 1. The maximum Gasteiger partial charge on any atom is 0.260 e. The smallest absolute Gasteiger partial charge is 0.260 e. The van der Waals surface area contributed by atoms with Crippen LogP contribution in [0.5, 0.6) is 0 Å². The van der Waals surface area contributed by atoms with Gasteiger partial charge >= 0.3 is 0 Å². The molecule has 4 N–H and O–H groups in total. The van der Waals surface area contributed by atoms with E-state index in [0.29, 0.717) is 10.6 Å². The van der Waals surface area contributed by atoms with E-state index < -0.39 is 5.91 Å². The van der Waals surface area contributed by atoms with Crippen molar-refractivity contribution in [2.24, 2.45) is 5.73 Å². The number of pyridine rings is 1. The number of carbonyl (C=O) groups is 1. The third kappa shape index (κ3) is 1.74. The molecule has 5 heteroatoms. The van der Waals surface area contributed by atoms with Crippen LogP contribution in [0.25, 0.3) is 21.1 Å². The molecule has 0 spiro atoms. The van der Waals surface area contributed by atoms with Gasteiger partial charge in [0.1, 0.15) is 9.71 Å². The molecule has 0 fully saturated rings. The summed E-state index contributed by atoms with van der Waals surface area (Å²) in [4.78, 5) is 17.0. The Hall–Kier alpha value is -2.14. The average molecular weight is 271 g/mol. The molecule has 1 aromatic carbocycles. The average Bonchev–Trinajstić information content (AvgIpc) is 2.66. The predicted octanol–water partition coefficient (Wildman–Crippen LogP) is 2.75. The van der Waals surface area contributed by atoms with Crippen LogP contribution in [0.1, 0.15) is 20.8 Å². The monoisotopic (exact) mass is 271 g/mol. The first-order valence-electron chi connectivity index (χ1n) is 5.87. The Balaban J connectivity index is 2.42. The fourth-order valence-corrected chi connectivity index (χ4v) is 3.09. The number of rotatable bonds is 1. The van der Waals surface area contributed by atoms with E-state index in [1.54, 1.807) is 0 Å². The summed E-state index contributed by atoms with van der Waals surface area (Å²) in [6.07, 6.45) is 0. The first-order chi connectivity index (χ1) is 8.97. The standard InChI is InChI=1S/C14H13N3OS/c1-6-3-8-5-9-11(15)12(13(16)18)19-14(9)17-10(8)4-7(6)2/h3-5H,15H2,1-2H3,(H2,16,18). The van der Waals surface area contributed by atoms with Gasteiger partial charge in [-0.1, -0.05) is 0 Å². The number of aryl methyl sites for hydroxylation is 2. The van der Waals surface area contributed by atoms with Crippen molar-refractivity contribution in [3.63, 3.8) is 0 Å². The first kappa shape index (κ1) is 11.9. The lowest BCUT2D eigenvalue weighted by Gasteiger charge is -2.03. The second kappa shape index (κ2) is 3.93. The van der Waals surface area contributed by atoms with Gasteiger partial charge in [-0.25, -0.2) is 4.98 Å². The van der Waals surface area contributed by atoms with E-state index in [2.05, 4.69) is 24.9 Å². The van der Waals surface area contributed by atoms with Crippen LogP contribution in [0.4, 0.5) is 5.69 Å². The number of thiophene rings is 1. The highest BCUT2D eigenvalue weighted by Crippen LogP contribution is 2.34. The lowest BCUT2D eigenvalue weighted by atomic mass is 10.1. The molecule has 0 saturated heterocycles. The quantitative estimate of drug-likeness (QED) is 0.714. The zero-order valence-electron chi connectivity index (χ0n) is 10.7. The third-order valence-corrected chi connectivity index (χ3v) is 4.48. The van der Waals surface area contributed by atoms with Crippen molar-refractivity contribution in [2.75, 3.05) is 5.73 Å². The fourth-order valence-electron chi connectivity index (χ4n) is 2.15. The Kier molecular flexibility index (Phi) is 2.46. The van der Waals surface area contributed by atoms with Gasteiger partial charge in [0, 0.05) is 10.8 Å². The van der Waals surface area contributed by atoms with Crippen LogP contribution in [0.15, 0.2) is 18.2 Å². The summed E-state index contributed by atoms with van der Waals surface area (Å²) in [5.41, 5.74) is 15.0. The molecule has 0 aliphatic heterocycles. The number of carbonyl (C=O) groups excluding carboxylic acids is 1. The Morgan fingerprint density at radius 2 is 1.89 bits per heavy atom. The van der Waals surface area contributed by atoms with E-state index in [9.17, 15) is 4.79 Å². The number of hydrogen-bond donors (Lipinski definition) is 2. The van der Waals surface area contributed by atoms with Gasteiger partial charge in [-0.3, -0.25) is 4.79 Å². The highest BCUT2D eigenvalue weighted by molar-refractivity contribution is 7.21. The molecular formula is C14H13N3OS. The molecule has 3 aromatic rings. The van der Waals surface area contributed by atoms with E-state index in [1.807, 2.05) is 12.1 Å². The van der Waals surface area contributed by atoms with Crippen LogP contribution < -0.4 is 11.5 Å². The SMILES string of the molecule is Cc1cc2cc3c(N)c(C(N)=O)sc3nc2cc1C. The van der Waals surface area contributed by atoms with Crippen LogP contribution in [0.2, 0.25) is 0 Å². The van der Waals surface area contributed by atoms with Crippen LogP contribution in [-0.4, -0.2) is 10.9 Å². The van der Waals surface area contributed by atoms with Gasteiger partial charge in [0.05, 0.1) is 11.2 Å². The van der Waals surface area contributed by atoms with Crippen molar-refractivity contribution in [2.45, 2.75) is 13.8 Å². The molecule has 3 rings (SSSR count). The molecule has 0 aliphatic carbocycles. The maximum absolute atomic E-state index is 11.3. The normalized spacial score (nSPS) is 11.3. The number of aromatic nitrogens is 1. The van der Waals surface area contributed by atoms with Crippen molar-refractivity contribution in [3.05, 3.63) is 34.2 Å². The van der Waals surface area contributed by atoms with Crippen molar-refractivity contribution in [1.29, 1.82) is 0 Å². The Morgan fingerprint density at radius 1 is 1.21 bits per heavy atom. The highest BCUT2D eigenvalue weighted by Gasteiger charge is 2.15. The number of hydrogen-bond acceptors (Lipinski definition) is 4. The zero-order valence-corrected chi connectivity index (χ0v) is 11.5. The Labute approximate surface area is 114 Å². The number of amides is 1. The number of nitrogens with zero attached hydrogens (tertiary/aromatic N) is 1. The molecule has 0 bridgehead atoms. The van der Waals surface area contributed by atoms with Gasteiger partial charge in [-0.05, 0) is 43.2 Å². The van der Waals surface area contributed by atoms with E-state index in [-0.39, 0.29) is 0 Å². The molecule has 19 heavy (non-hydrogen) atoms. The Morgan fingerprint density at radius 3 is 2.58 bits per heavy atom. The number of nitrogens with two attached hydrogens (primary N) is 2. The molecule has 4 nitrogen and oxygen atoms in total. The summed E-state index contributed by atoms with van der Waals surface area (Å²) in [7, 11) is 0. The van der Waals surface area contributed by atoms with Crippen molar-refractivity contribution in [1.82, 2.24) is 4.98 Å². The lowest BCUT2D eigenvalue weighted by molar-refractivity contribution is 0.100. The second-order valence-electron chi connectivity index (χ2n) is 4.68. The summed E-state index contributed by atoms with van der Waals surface area (Å²) in [6, 6.07) is 6.10. The largest absolute Gasteiger partial charge is 0.397 e. The predicted molar refractivity (Wildman–Crippen MR) is 79.5 cm³/mol. The van der Waals surface area contributed by atoms with Crippen LogP contribution in [0.3, 0.4) is 0 Å². The van der Waals surface area contributed by atoms with Crippen molar-refractivity contribution in [3.8, 4) is 0 Å². The minimum atomic E-state index is -0.503. The van der Waals surface area contributed by atoms with Gasteiger partial charge in [0.2, 0.25) is 0 Å². The number of primary amides is 1. The zero-order chi connectivity index (χ0) is 13.7. The number of fused-ring (bicyclic) bond motifs is 2. The van der Waals surface area contributed by atoms with Gasteiger partial charge in [0.25, 0.3) is 5.91 Å². The first-order valence-corrected chi connectivity index (χ1v) is 6.69. The fraction of sp³-hybridized carbons (Fsp3) is 0.143. The molecule has 1 amide bonds. The summed E-state index contributed by atoms with van der Waals surface area (Å²) < 4.78 is 0. The van der Waals surface area contributed by atoms with Crippen LogP contribution in [0, 0.1) is 13.8 Å². The second-order valence-corrected chi connectivity index (χ2v) is 5.68. The molecule has 0 radical (unpaired) electrons. The van der Waals surface area contributed by atoms with Gasteiger partial charge in [0.15, 0.2) is 0 Å². The van der Waals surface area contributed by atoms with E-state index in [0.717, 1.165) is 21.1 Å². The molecule has 96 valence electrons. The molecule has 0 unspecified atom stereocenters. The van der Waals surface area contributed by atoms with Gasteiger partial charge in [-0.2, -0.15) is 0 Å². The van der Waals surface area contributed by atoms with Crippen molar-refractivity contribution < 1.29 is 4.79 Å². The van der Waals surface area contributed by atoms with Gasteiger partial charge < -0.3 is 11.5 Å². The molecule has 0 atom stereocenters. The highest BCUT2D eigenvalue weighted by atomic mass is 32.1. The minimum Gasteiger partial charge on any atom is -0.397 e. The topological polar surface area (TPSA) is 82.0 Å². The molecule has 2 aromatic heterocycles. The van der Waals surface area contributed by atoms with E-state index >= 15 is 0 Å². The summed E-state index contributed by atoms with van der Waals surface area (Å²) in [6.45, 7) is 4.11. The van der Waals surface area contributed by atoms with Crippen molar-refractivity contribution >= 4 is 44.1 Å². The third-order valence-electron chi connectivity index (χ3n) is 3.35. The number of nitrogen functional groups attached to an aromatic ring is 1. The van der Waals surface area contributed by atoms with Crippen LogP contribution >= 0.6 is 11.3 Å². The molecule has 0 saturated carbocycles. The molecule has 0 aliphatic rings. The maximum atomic E-state index is 11.3. The summed E-state index contributed by atoms with van der Waals surface area (Å²) in [5, 5.41) is 1.82. The molecule has 2 heterocycles. The van der Waals surface area contributed by atoms with E-state index in [1.165, 1.54) is 22.5 Å². The summed E-state index contributed by atoms with van der Waals surface area (Å²) in [5.74, 6) is -0.503. The van der Waals surface area contributed by atoms with Gasteiger partial charge in [-0.15, -0.1) is 11.3 Å². The molecular weight excluding hydrogens is 258 g/mol. The summed E-state index contributed by atoms with van der Waals surface area (Å²) >= 11 is 1.25. The minimum absolute atomic E-state index is 0.381. The Bertz CT molecular complexity index is 836. The lowest BCUT2D eigenvalue weighted by Crippen LogP contribution is -2.10.